The fourth-order valence-corrected chi connectivity index (χ4v) is 1.36. The maximum atomic E-state index is 3.55. The molecule has 1 aliphatic carbocycles. The molecule has 0 aromatic heterocycles. The van der Waals surface area contributed by atoms with Crippen LogP contribution in [0.3, 0.4) is 0 Å². The van der Waals surface area contributed by atoms with Gasteiger partial charge in [-0.2, -0.15) is 0 Å². The molecule has 0 bridgehead atoms. The summed E-state index contributed by atoms with van der Waals surface area (Å²) >= 11 is 0. The summed E-state index contributed by atoms with van der Waals surface area (Å²) in [4.78, 5) is 0. The highest BCUT2D eigenvalue weighted by molar-refractivity contribution is 5.15. The maximum Gasteiger partial charge on any atom is -0.0283 e. The molecule has 0 heteroatoms. The normalized spacial score (nSPS) is 12.8. The van der Waals surface area contributed by atoms with Crippen molar-refractivity contribution in [1.82, 2.24) is 0 Å². The molecule has 0 aromatic carbocycles. The van der Waals surface area contributed by atoms with Crippen molar-refractivity contribution in [3.8, 4) is 0 Å². The van der Waals surface area contributed by atoms with Crippen LogP contribution in [-0.4, -0.2) is 0 Å². The molecule has 0 N–H and O–H groups in total. The van der Waals surface area contributed by atoms with Crippen molar-refractivity contribution in [3.63, 3.8) is 0 Å². The minimum atomic E-state index is 1.15. The second kappa shape index (κ2) is 11.6. The van der Waals surface area contributed by atoms with E-state index in [0.717, 1.165) is 6.42 Å². The summed E-state index contributed by atoms with van der Waals surface area (Å²) in [5.74, 6) is 0. The summed E-state index contributed by atoms with van der Waals surface area (Å²) in [6.45, 7) is 7.95. The molecule has 88 valence electrons. The first-order chi connectivity index (χ1) is 7.35. The molecule has 0 aromatic rings. The summed E-state index contributed by atoms with van der Waals surface area (Å²) in [7, 11) is 0. The number of allylic oxidation sites excluding steroid dienone is 3. The van der Waals surface area contributed by atoms with Crippen molar-refractivity contribution in [2.45, 2.75) is 71.6 Å². The lowest BCUT2D eigenvalue weighted by molar-refractivity contribution is 0.674. The van der Waals surface area contributed by atoms with Gasteiger partial charge < -0.3 is 0 Å². The second-order valence-corrected chi connectivity index (χ2v) is 4.29. The first-order valence-electron chi connectivity index (χ1n) is 6.63. The fraction of sp³-hybridized carbons (Fsp3) is 0.733. The second-order valence-electron chi connectivity index (χ2n) is 4.29. The first-order valence-corrected chi connectivity index (χ1v) is 6.63. The molecule has 1 fully saturated rings. The van der Waals surface area contributed by atoms with E-state index in [1.807, 2.05) is 6.08 Å². The smallest absolute Gasteiger partial charge is 0.0283 e. The molecule has 0 atom stereocenters. The third-order valence-electron chi connectivity index (χ3n) is 2.52. The van der Waals surface area contributed by atoms with Crippen LogP contribution in [0.25, 0.3) is 0 Å². The van der Waals surface area contributed by atoms with Crippen LogP contribution in [0.15, 0.2) is 24.3 Å². The fourth-order valence-electron chi connectivity index (χ4n) is 1.36. The quantitative estimate of drug-likeness (QED) is 0.374. The Bertz CT molecular complexity index is 159. The Kier molecular flexibility index (Phi) is 11.2. The molecule has 0 radical (unpaired) electrons. The van der Waals surface area contributed by atoms with Crippen LogP contribution >= 0.6 is 0 Å². The average Bonchev–Trinajstić information content (AvgIpc) is 3.04. The minimum Gasteiger partial charge on any atom is -0.103 e. The highest BCUT2D eigenvalue weighted by Gasteiger charge is 2.08. The summed E-state index contributed by atoms with van der Waals surface area (Å²) in [5, 5.41) is 0. The van der Waals surface area contributed by atoms with E-state index in [-0.39, 0.29) is 0 Å². The largest absolute Gasteiger partial charge is 0.103 e. The van der Waals surface area contributed by atoms with E-state index in [4.69, 9.17) is 0 Å². The van der Waals surface area contributed by atoms with Crippen molar-refractivity contribution in [3.05, 3.63) is 24.3 Å². The molecule has 15 heavy (non-hydrogen) atoms. The van der Waals surface area contributed by atoms with Gasteiger partial charge in [0.15, 0.2) is 0 Å². The zero-order chi connectivity index (χ0) is 11.4. The molecular formula is C15H28. The molecule has 1 saturated carbocycles. The molecule has 1 aliphatic rings. The van der Waals surface area contributed by atoms with Crippen molar-refractivity contribution >= 4 is 0 Å². The standard InChI is InChI=1S/C10H18.C5H10/c1-2-3-4-5-6-7-10-8-9-10;1-3-5-4-2/h7H,2-6,8-9H2,1H3;3H,1,4-5H2,2H3. The number of rotatable bonds is 7. The Morgan fingerprint density at radius 3 is 2.13 bits per heavy atom. The van der Waals surface area contributed by atoms with Gasteiger partial charge in [-0.3, -0.25) is 0 Å². The highest BCUT2D eigenvalue weighted by atomic mass is 14.1. The van der Waals surface area contributed by atoms with Gasteiger partial charge >= 0.3 is 0 Å². The van der Waals surface area contributed by atoms with Crippen LogP contribution in [0, 0.1) is 0 Å². The van der Waals surface area contributed by atoms with E-state index in [1.165, 1.54) is 51.4 Å². The van der Waals surface area contributed by atoms with Gasteiger partial charge in [-0.25, -0.2) is 0 Å². The molecule has 1 rings (SSSR count). The number of unbranched alkanes of at least 4 members (excludes halogenated alkanes) is 5. The Hall–Kier alpha value is -0.520. The van der Waals surface area contributed by atoms with Gasteiger partial charge in [-0.05, 0) is 32.1 Å². The van der Waals surface area contributed by atoms with Gasteiger partial charge in [0.1, 0.15) is 0 Å². The van der Waals surface area contributed by atoms with E-state index < -0.39 is 0 Å². The predicted molar refractivity (Wildman–Crippen MR) is 71.2 cm³/mol. The van der Waals surface area contributed by atoms with Crippen LogP contribution in [0.2, 0.25) is 0 Å². The van der Waals surface area contributed by atoms with Gasteiger partial charge in [-0.1, -0.05) is 57.3 Å². The van der Waals surface area contributed by atoms with Gasteiger partial charge in [-0.15, -0.1) is 6.58 Å². The van der Waals surface area contributed by atoms with Gasteiger partial charge in [0.05, 0.1) is 0 Å². The van der Waals surface area contributed by atoms with Crippen LogP contribution in [-0.2, 0) is 0 Å². The highest BCUT2D eigenvalue weighted by Crippen LogP contribution is 2.28. The summed E-state index contributed by atoms with van der Waals surface area (Å²) < 4.78 is 0. The van der Waals surface area contributed by atoms with Gasteiger partial charge in [0, 0.05) is 0 Å². The monoisotopic (exact) mass is 208 g/mol. The van der Waals surface area contributed by atoms with Crippen molar-refractivity contribution in [1.29, 1.82) is 0 Å². The topological polar surface area (TPSA) is 0 Å². The molecule has 0 nitrogen and oxygen atoms in total. The van der Waals surface area contributed by atoms with Gasteiger partial charge in [0.25, 0.3) is 0 Å². The lowest BCUT2D eigenvalue weighted by Crippen LogP contribution is -1.72. The Balaban J connectivity index is 0.000000336. The Morgan fingerprint density at radius 2 is 1.73 bits per heavy atom. The van der Waals surface area contributed by atoms with Crippen molar-refractivity contribution in [2.75, 3.05) is 0 Å². The molecule has 0 spiro atoms. The van der Waals surface area contributed by atoms with Crippen molar-refractivity contribution in [2.24, 2.45) is 0 Å². The zero-order valence-electron chi connectivity index (χ0n) is 10.7. The molecule has 0 saturated heterocycles. The van der Waals surface area contributed by atoms with Crippen LogP contribution in [0.4, 0.5) is 0 Å². The van der Waals surface area contributed by atoms with E-state index in [2.05, 4.69) is 26.5 Å². The van der Waals surface area contributed by atoms with Crippen LogP contribution < -0.4 is 0 Å². The Morgan fingerprint density at radius 1 is 1.00 bits per heavy atom. The zero-order valence-corrected chi connectivity index (χ0v) is 10.7. The third kappa shape index (κ3) is 13.5. The molecule has 0 aliphatic heterocycles. The van der Waals surface area contributed by atoms with E-state index in [9.17, 15) is 0 Å². The Labute approximate surface area is 96.5 Å². The summed E-state index contributed by atoms with van der Waals surface area (Å²) in [5.41, 5.74) is 1.71. The first kappa shape index (κ1) is 14.5. The van der Waals surface area contributed by atoms with E-state index in [1.54, 1.807) is 5.57 Å². The third-order valence-corrected chi connectivity index (χ3v) is 2.52. The van der Waals surface area contributed by atoms with Crippen LogP contribution in [0.1, 0.15) is 71.6 Å². The lowest BCUT2D eigenvalue weighted by atomic mass is 10.1. The van der Waals surface area contributed by atoms with Crippen molar-refractivity contribution < 1.29 is 0 Å². The SMILES string of the molecule is C=CCCC.CCCCCCC=C1CC1. The van der Waals surface area contributed by atoms with Crippen LogP contribution in [0.5, 0.6) is 0 Å². The van der Waals surface area contributed by atoms with E-state index in [0.29, 0.717) is 0 Å². The molecule has 0 unspecified atom stereocenters. The molecule has 0 amide bonds. The average molecular weight is 208 g/mol. The lowest BCUT2D eigenvalue weighted by Gasteiger charge is -1.92. The van der Waals surface area contributed by atoms with Gasteiger partial charge in [0.2, 0.25) is 0 Å². The number of hydrogen-bond acceptors (Lipinski definition) is 0. The predicted octanol–water partition coefficient (Wildman–Crippen LogP) is 5.65. The number of hydrogen-bond donors (Lipinski definition) is 0. The van der Waals surface area contributed by atoms with E-state index >= 15 is 0 Å². The molecular weight excluding hydrogens is 180 g/mol. The maximum absolute atomic E-state index is 3.55. The summed E-state index contributed by atoms with van der Waals surface area (Å²) in [6, 6.07) is 0. The summed E-state index contributed by atoms with van der Waals surface area (Å²) in [6.07, 6.45) is 16.5. The minimum absolute atomic E-state index is 1.15. The molecule has 0 heterocycles.